The van der Waals surface area contributed by atoms with Gasteiger partial charge >= 0.3 is 0 Å². The predicted octanol–water partition coefficient (Wildman–Crippen LogP) is 3.74. The molecule has 0 aliphatic heterocycles. The molecule has 0 saturated carbocycles. The highest BCUT2D eigenvalue weighted by Crippen LogP contribution is 2.29. The van der Waals surface area contributed by atoms with Gasteiger partial charge in [0.15, 0.2) is 17.5 Å². The Hall–Kier alpha value is -2.03. The van der Waals surface area contributed by atoms with E-state index in [-0.39, 0.29) is 29.8 Å². The van der Waals surface area contributed by atoms with E-state index in [0.717, 1.165) is 16.8 Å². The fourth-order valence-electron chi connectivity index (χ4n) is 2.34. The number of methoxy groups -OCH3 is 2. The highest BCUT2D eigenvalue weighted by Gasteiger charge is 2.05. The van der Waals surface area contributed by atoms with Gasteiger partial charge in [0, 0.05) is 18.3 Å². The van der Waals surface area contributed by atoms with E-state index in [9.17, 15) is 4.39 Å². The summed E-state index contributed by atoms with van der Waals surface area (Å²) in [6, 6.07) is 10.1. The number of aliphatic imine (C=N–C) groups is 1. The van der Waals surface area contributed by atoms with E-state index in [1.54, 1.807) is 32.4 Å². The molecule has 2 aromatic carbocycles. The molecule has 25 heavy (non-hydrogen) atoms. The van der Waals surface area contributed by atoms with Crippen LogP contribution in [0.3, 0.4) is 0 Å². The number of nitrogens with zero attached hydrogens (tertiary/aromatic N) is 1. The third kappa shape index (κ3) is 6.08. The largest absolute Gasteiger partial charge is 0.493 e. The second-order valence-electron chi connectivity index (χ2n) is 5.28. The summed E-state index contributed by atoms with van der Waals surface area (Å²) in [5.41, 5.74) is 8.63. The van der Waals surface area contributed by atoms with Crippen molar-refractivity contribution in [2.24, 2.45) is 10.7 Å². The first-order chi connectivity index (χ1) is 11.5. The molecule has 0 amide bonds. The molecular weight excluding hydrogens is 436 g/mol. The highest BCUT2D eigenvalue weighted by molar-refractivity contribution is 14.0. The molecule has 0 aromatic heterocycles. The maximum Gasteiger partial charge on any atom is 0.193 e. The van der Waals surface area contributed by atoms with Crippen LogP contribution < -0.4 is 20.5 Å². The van der Waals surface area contributed by atoms with Gasteiger partial charge in [-0.2, -0.15) is 0 Å². The summed E-state index contributed by atoms with van der Waals surface area (Å²) in [5, 5.41) is 3.01. The molecule has 5 nitrogen and oxygen atoms in total. The molecule has 136 valence electrons. The second-order valence-corrected chi connectivity index (χ2v) is 5.28. The molecule has 0 heterocycles. The van der Waals surface area contributed by atoms with Crippen molar-refractivity contribution in [2.45, 2.75) is 13.3 Å². The monoisotopic (exact) mass is 459 g/mol. The molecule has 3 N–H and O–H groups in total. The zero-order chi connectivity index (χ0) is 17.5. The Morgan fingerprint density at radius 1 is 1.12 bits per heavy atom. The number of aryl methyl sites for hydroxylation is 1. The van der Waals surface area contributed by atoms with Crippen LogP contribution in [0.5, 0.6) is 11.5 Å². The molecular formula is C18H23FIN3O2. The van der Waals surface area contributed by atoms with E-state index in [1.807, 2.05) is 13.0 Å². The van der Waals surface area contributed by atoms with Gasteiger partial charge < -0.3 is 20.5 Å². The number of nitrogens with one attached hydrogen (secondary N) is 1. The third-order valence-electron chi connectivity index (χ3n) is 3.62. The van der Waals surface area contributed by atoms with Crippen molar-refractivity contribution in [1.82, 2.24) is 0 Å². The Bertz CT molecular complexity index is 738. The van der Waals surface area contributed by atoms with Crippen LogP contribution in [-0.4, -0.2) is 26.7 Å². The number of anilines is 1. The van der Waals surface area contributed by atoms with Crippen molar-refractivity contribution in [3.05, 3.63) is 53.3 Å². The van der Waals surface area contributed by atoms with E-state index in [4.69, 9.17) is 15.2 Å². The number of guanidine groups is 1. The number of hydrogen-bond acceptors (Lipinski definition) is 3. The van der Waals surface area contributed by atoms with Crippen LogP contribution in [0.1, 0.15) is 11.1 Å². The van der Waals surface area contributed by atoms with Crippen molar-refractivity contribution in [2.75, 3.05) is 26.1 Å². The molecule has 0 saturated heterocycles. The predicted molar refractivity (Wildman–Crippen MR) is 110 cm³/mol. The summed E-state index contributed by atoms with van der Waals surface area (Å²) in [6.07, 6.45) is 0.695. The molecule has 0 fully saturated rings. The first kappa shape index (κ1) is 21.0. The Morgan fingerprint density at radius 3 is 2.48 bits per heavy atom. The molecule has 0 aliphatic carbocycles. The number of benzene rings is 2. The molecule has 7 heteroatoms. The Balaban J connectivity index is 0.00000312. The molecule has 0 unspecified atom stereocenters. The standard InChI is InChI=1S/C18H22FN3O2.HI/c1-12-10-14(19)5-4-13(12)8-9-21-18(20)22-15-6-7-16(23-2)17(11-15)24-3;/h4-7,10-11H,8-9H2,1-3H3,(H3,20,21,22);1H. The second kappa shape index (κ2) is 10.1. The normalized spacial score (nSPS) is 10.8. The number of nitrogens with two attached hydrogens (primary N) is 1. The average Bonchev–Trinajstić information content (AvgIpc) is 2.56. The lowest BCUT2D eigenvalue weighted by molar-refractivity contribution is 0.355. The molecule has 0 aliphatic rings. The van der Waals surface area contributed by atoms with Gasteiger partial charge in [0.25, 0.3) is 0 Å². The number of halogens is 2. The van der Waals surface area contributed by atoms with Gasteiger partial charge in [0.05, 0.1) is 14.2 Å². The van der Waals surface area contributed by atoms with Crippen molar-refractivity contribution < 1.29 is 13.9 Å². The fourth-order valence-corrected chi connectivity index (χ4v) is 2.34. The van der Waals surface area contributed by atoms with Gasteiger partial charge in [-0.25, -0.2) is 4.39 Å². The van der Waals surface area contributed by atoms with Crippen LogP contribution in [0, 0.1) is 12.7 Å². The van der Waals surface area contributed by atoms with Gasteiger partial charge in [0.2, 0.25) is 0 Å². The van der Waals surface area contributed by atoms with E-state index in [2.05, 4.69) is 10.3 Å². The van der Waals surface area contributed by atoms with Crippen LogP contribution >= 0.6 is 24.0 Å². The van der Waals surface area contributed by atoms with Gasteiger partial charge in [0.1, 0.15) is 5.82 Å². The summed E-state index contributed by atoms with van der Waals surface area (Å²) in [7, 11) is 3.16. The zero-order valence-corrected chi connectivity index (χ0v) is 16.8. The van der Waals surface area contributed by atoms with Crippen LogP contribution in [0.15, 0.2) is 41.4 Å². The lowest BCUT2D eigenvalue weighted by Gasteiger charge is -2.11. The van der Waals surface area contributed by atoms with Crippen LogP contribution in [0.25, 0.3) is 0 Å². The maximum atomic E-state index is 13.1. The van der Waals surface area contributed by atoms with Gasteiger partial charge in [-0.1, -0.05) is 6.07 Å². The van der Waals surface area contributed by atoms with E-state index in [1.165, 1.54) is 12.1 Å². The first-order valence-electron chi connectivity index (χ1n) is 7.57. The minimum Gasteiger partial charge on any atom is -0.493 e. The summed E-state index contributed by atoms with van der Waals surface area (Å²) >= 11 is 0. The fraction of sp³-hybridized carbons (Fsp3) is 0.278. The molecule has 0 radical (unpaired) electrons. The number of rotatable bonds is 6. The summed E-state index contributed by atoms with van der Waals surface area (Å²) in [4.78, 5) is 4.29. The van der Waals surface area contributed by atoms with Gasteiger partial charge in [-0.05, 0) is 48.7 Å². The molecule has 0 atom stereocenters. The highest BCUT2D eigenvalue weighted by atomic mass is 127. The van der Waals surface area contributed by atoms with E-state index >= 15 is 0 Å². The molecule has 2 aromatic rings. The quantitative estimate of drug-likeness (QED) is 0.393. The molecule has 2 rings (SSSR count). The van der Waals surface area contributed by atoms with Crippen LogP contribution in [0.2, 0.25) is 0 Å². The summed E-state index contributed by atoms with van der Waals surface area (Å²) in [6.45, 7) is 2.39. The van der Waals surface area contributed by atoms with Crippen molar-refractivity contribution in [3.8, 4) is 11.5 Å². The minimum absolute atomic E-state index is 0. The van der Waals surface area contributed by atoms with Crippen molar-refractivity contribution in [3.63, 3.8) is 0 Å². The topological polar surface area (TPSA) is 68.9 Å². The molecule has 0 spiro atoms. The SMILES string of the molecule is COc1ccc(NC(N)=NCCc2ccc(F)cc2C)cc1OC.I. The Labute approximate surface area is 164 Å². The van der Waals surface area contributed by atoms with E-state index < -0.39 is 0 Å². The lowest BCUT2D eigenvalue weighted by Crippen LogP contribution is -2.23. The zero-order valence-electron chi connectivity index (χ0n) is 14.5. The van der Waals surface area contributed by atoms with Gasteiger partial charge in [-0.15, -0.1) is 24.0 Å². The van der Waals surface area contributed by atoms with E-state index in [0.29, 0.717) is 30.4 Å². The smallest absolute Gasteiger partial charge is 0.193 e. The maximum absolute atomic E-state index is 13.1. The van der Waals surface area contributed by atoms with Crippen molar-refractivity contribution >= 4 is 35.6 Å². The van der Waals surface area contributed by atoms with Crippen LogP contribution in [-0.2, 0) is 6.42 Å². The Kier molecular flexibility index (Phi) is 8.47. The molecule has 0 bridgehead atoms. The number of ether oxygens (including phenoxy) is 2. The number of hydrogen-bond donors (Lipinski definition) is 2. The summed E-state index contributed by atoms with van der Waals surface area (Å²) in [5.74, 6) is 1.33. The average molecular weight is 459 g/mol. The van der Waals surface area contributed by atoms with Crippen molar-refractivity contribution in [1.29, 1.82) is 0 Å². The first-order valence-corrected chi connectivity index (χ1v) is 7.57. The lowest BCUT2D eigenvalue weighted by atomic mass is 10.1. The Morgan fingerprint density at radius 2 is 1.84 bits per heavy atom. The minimum atomic E-state index is -0.227. The third-order valence-corrected chi connectivity index (χ3v) is 3.62. The summed E-state index contributed by atoms with van der Waals surface area (Å²) < 4.78 is 23.5. The van der Waals surface area contributed by atoms with Gasteiger partial charge in [-0.3, -0.25) is 4.99 Å². The van der Waals surface area contributed by atoms with Crippen LogP contribution in [0.4, 0.5) is 10.1 Å².